The van der Waals surface area contributed by atoms with Gasteiger partial charge in [0, 0.05) is 37.9 Å². The van der Waals surface area contributed by atoms with Crippen molar-refractivity contribution < 1.29 is 9.59 Å². The van der Waals surface area contributed by atoms with Crippen LogP contribution in [0.1, 0.15) is 11.3 Å². The van der Waals surface area contributed by atoms with Crippen LogP contribution in [0, 0.1) is 6.92 Å². The molecule has 2 aliphatic rings. The molecule has 0 aromatic carbocycles. The molecule has 0 spiro atoms. The molecular formula is C16H22N6O2. The number of allylic oxidation sites excluding steroid dienone is 1. The molecular weight excluding hydrogens is 308 g/mol. The van der Waals surface area contributed by atoms with E-state index in [4.69, 9.17) is 5.73 Å². The van der Waals surface area contributed by atoms with Crippen molar-refractivity contribution in [3.05, 3.63) is 23.9 Å². The van der Waals surface area contributed by atoms with E-state index < -0.39 is 6.04 Å². The Hall–Kier alpha value is -2.64. The molecule has 0 radical (unpaired) electrons. The Morgan fingerprint density at radius 2 is 2.08 bits per heavy atom. The number of aromatic nitrogens is 2. The Bertz CT molecular complexity index is 704. The number of rotatable bonds is 3. The summed E-state index contributed by atoms with van der Waals surface area (Å²) in [5, 5.41) is 0. The number of carbonyl (C=O) groups is 2. The second-order valence-corrected chi connectivity index (χ2v) is 6.21. The molecule has 1 aromatic heterocycles. The number of amides is 2. The number of carbonyl (C=O) groups excluding carboxylic acids is 2. The van der Waals surface area contributed by atoms with Gasteiger partial charge in [-0.15, -0.1) is 6.58 Å². The Morgan fingerprint density at radius 1 is 1.33 bits per heavy atom. The first kappa shape index (κ1) is 16.2. The molecule has 0 saturated carbocycles. The normalized spacial score (nSPS) is 21.1. The average Bonchev–Trinajstić information content (AvgIpc) is 2.54. The fourth-order valence-electron chi connectivity index (χ4n) is 3.36. The molecule has 0 aliphatic carbocycles. The second-order valence-electron chi connectivity index (χ2n) is 6.21. The summed E-state index contributed by atoms with van der Waals surface area (Å²) in [5.74, 6) is 0.892. The molecule has 24 heavy (non-hydrogen) atoms. The molecule has 1 aromatic rings. The minimum atomic E-state index is -0.474. The predicted octanol–water partition coefficient (Wildman–Crippen LogP) is -0.415. The number of hydrogen-bond acceptors (Lipinski definition) is 6. The van der Waals surface area contributed by atoms with Crippen molar-refractivity contribution in [1.29, 1.82) is 0 Å². The average molecular weight is 330 g/mol. The van der Waals surface area contributed by atoms with Crippen LogP contribution in [0.2, 0.25) is 0 Å². The number of fused-ring (bicyclic) bond motifs is 1. The minimum absolute atomic E-state index is 0.00792. The number of aryl methyl sites for hydroxylation is 1. The van der Waals surface area contributed by atoms with E-state index in [1.165, 1.54) is 4.90 Å². The quantitative estimate of drug-likeness (QED) is 0.757. The van der Waals surface area contributed by atoms with E-state index >= 15 is 0 Å². The Balaban J connectivity index is 1.93. The molecule has 2 N–H and O–H groups in total. The zero-order valence-corrected chi connectivity index (χ0v) is 14.0. The van der Waals surface area contributed by atoms with Crippen LogP contribution >= 0.6 is 0 Å². The Labute approximate surface area is 140 Å². The van der Waals surface area contributed by atoms with Gasteiger partial charge in [-0.2, -0.15) is 4.98 Å². The number of hydrogen-bond donors (Lipinski definition) is 1. The number of likely N-dealkylation sites (N-methyl/N-ethyl adjacent to an activating group) is 1. The van der Waals surface area contributed by atoms with Crippen molar-refractivity contribution in [2.75, 3.05) is 43.9 Å². The van der Waals surface area contributed by atoms with Gasteiger partial charge in [0.1, 0.15) is 11.9 Å². The molecule has 1 atom stereocenters. The maximum atomic E-state index is 12.5. The van der Waals surface area contributed by atoms with Crippen LogP contribution in [-0.4, -0.2) is 70.9 Å². The first-order chi connectivity index (χ1) is 11.4. The van der Waals surface area contributed by atoms with Gasteiger partial charge in [-0.3, -0.25) is 9.59 Å². The Kier molecular flexibility index (Phi) is 4.13. The van der Waals surface area contributed by atoms with Crippen molar-refractivity contribution in [1.82, 2.24) is 19.8 Å². The van der Waals surface area contributed by atoms with Crippen LogP contribution in [0.3, 0.4) is 0 Å². The topological polar surface area (TPSA) is 95.7 Å². The third-order valence-corrected chi connectivity index (χ3v) is 4.59. The van der Waals surface area contributed by atoms with E-state index in [1.54, 1.807) is 18.0 Å². The summed E-state index contributed by atoms with van der Waals surface area (Å²) in [6.45, 7) is 7.34. The molecule has 8 heteroatoms. The van der Waals surface area contributed by atoms with E-state index in [2.05, 4.69) is 16.5 Å². The summed E-state index contributed by atoms with van der Waals surface area (Å²) < 4.78 is 0. The highest BCUT2D eigenvalue weighted by Gasteiger charge is 2.41. The van der Waals surface area contributed by atoms with Gasteiger partial charge < -0.3 is 20.4 Å². The van der Waals surface area contributed by atoms with Gasteiger partial charge in [-0.05, 0) is 13.3 Å². The van der Waals surface area contributed by atoms with Gasteiger partial charge in [-0.25, -0.2) is 4.98 Å². The molecule has 128 valence electrons. The van der Waals surface area contributed by atoms with E-state index in [0.29, 0.717) is 26.1 Å². The van der Waals surface area contributed by atoms with Gasteiger partial charge >= 0.3 is 0 Å². The number of anilines is 2. The molecule has 0 bridgehead atoms. The summed E-state index contributed by atoms with van der Waals surface area (Å²) in [6.07, 6.45) is 2.42. The van der Waals surface area contributed by atoms with Gasteiger partial charge in [0.25, 0.3) is 0 Å². The maximum Gasteiger partial charge on any atom is 0.247 e. The van der Waals surface area contributed by atoms with Crippen molar-refractivity contribution >= 4 is 23.6 Å². The number of piperazine rings is 2. The molecule has 3 rings (SSSR count). The first-order valence-corrected chi connectivity index (χ1v) is 7.95. The summed E-state index contributed by atoms with van der Waals surface area (Å²) in [7, 11) is 1.66. The van der Waals surface area contributed by atoms with Crippen LogP contribution in [0.5, 0.6) is 0 Å². The summed E-state index contributed by atoms with van der Waals surface area (Å²) in [6, 6.07) is -0.474. The third-order valence-electron chi connectivity index (χ3n) is 4.59. The molecule has 2 amide bonds. The smallest absolute Gasteiger partial charge is 0.247 e. The predicted molar refractivity (Wildman–Crippen MR) is 90.4 cm³/mol. The lowest BCUT2D eigenvalue weighted by Crippen LogP contribution is -2.66. The zero-order valence-electron chi connectivity index (χ0n) is 14.0. The van der Waals surface area contributed by atoms with E-state index in [9.17, 15) is 9.59 Å². The lowest BCUT2D eigenvalue weighted by molar-refractivity contribution is -0.154. The largest absolute Gasteiger partial charge is 0.368 e. The number of nitrogen functional groups attached to an aromatic ring is 1. The van der Waals surface area contributed by atoms with Crippen LogP contribution in [-0.2, 0) is 16.0 Å². The number of nitrogens with two attached hydrogens (primary N) is 1. The van der Waals surface area contributed by atoms with Crippen LogP contribution in [0.25, 0.3) is 0 Å². The lowest BCUT2D eigenvalue weighted by atomic mass is 10.1. The highest BCUT2D eigenvalue weighted by atomic mass is 16.2. The minimum Gasteiger partial charge on any atom is -0.368 e. The maximum absolute atomic E-state index is 12.5. The van der Waals surface area contributed by atoms with Gasteiger partial charge in [0.2, 0.25) is 17.8 Å². The van der Waals surface area contributed by atoms with Crippen molar-refractivity contribution in [3.8, 4) is 0 Å². The van der Waals surface area contributed by atoms with Crippen molar-refractivity contribution in [3.63, 3.8) is 0 Å². The molecule has 8 nitrogen and oxygen atoms in total. The van der Waals surface area contributed by atoms with E-state index in [-0.39, 0.29) is 24.3 Å². The number of nitrogens with zero attached hydrogens (tertiary/aromatic N) is 5. The second kappa shape index (κ2) is 6.10. The SMILES string of the molecule is C=CCc1c(C)nc(N)nc1N1CCN2C(=O)CN(C)C(=O)C2C1. The van der Waals surface area contributed by atoms with Gasteiger partial charge in [0.15, 0.2) is 0 Å². The summed E-state index contributed by atoms with van der Waals surface area (Å²) in [5.41, 5.74) is 7.58. The van der Waals surface area contributed by atoms with Gasteiger partial charge in [0.05, 0.1) is 6.54 Å². The lowest BCUT2D eigenvalue weighted by Gasteiger charge is -2.45. The summed E-state index contributed by atoms with van der Waals surface area (Å²) in [4.78, 5) is 38.4. The van der Waals surface area contributed by atoms with Crippen molar-refractivity contribution in [2.24, 2.45) is 0 Å². The monoisotopic (exact) mass is 330 g/mol. The van der Waals surface area contributed by atoms with E-state index in [0.717, 1.165) is 17.1 Å². The standard InChI is InChI=1S/C16H22N6O2/c1-4-5-11-10(2)18-16(17)19-14(11)21-6-7-22-12(8-21)15(24)20(3)9-13(22)23/h4,12H,1,5-9H2,2-3H3,(H2,17,18,19). The summed E-state index contributed by atoms with van der Waals surface area (Å²) >= 11 is 0. The third kappa shape index (κ3) is 2.68. The molecule has 2 fully saturated rings. The first-order valence-electron chi connectivity index (χ1n) is 7.95. The highest BCUT2D eigenvalue weighted by Crippen LogP contribution is 2.26. The molecule has 1 unspecified atom stereocenters. The fourth-order valence-corrected chi connectivity index (χ4v) is 3.36. The highest BCUT2D eigenvalue weighted by molar-refractivity contribution is 5.95. The molecule has 2 saturated heterocycles. The Morgan fingerprint density at radius 3 is 2.79 bits per heavy atom. The molecule has 3 heterocycles. The fraction of sp³-hybridized carbons (Fsp3) is 0.500. The van der Waals surface area contributed by atoms with Crippen molar-refractivity contribution in [2.45, 2.75) is 19.4 Å². The molecule has 2 aliphatic heterocycles. The van der Waals surface area contributed by atoms with Crippen LogP contribution < -0.4 is 10.6 Å². The van der Waals surface area contributed by atoms with Crippen LogP contribution in [0.4, 0.5) is 11.8 Å². The van der Waals surface area contributed by atoms with Gasteiger partial charge in [-0.1, -0.05) is 6.08 Å². The van der Waals surface area contributed by atoms with E-state index in [1.807, 2.05) is 11.8 Å². The zero-order chi connectivity index (χ0) is 17.4. The van der Waals surface area contributed by atoms with Crippen LogP contribution in [0.15, 0.2) is 12.7 Å².